The number of nitrogens with zero attached hydrogens (tertiary/aromatic N) is 2. The Labute approximate surface area is 102 Å². The van der Waals surface area contributed by atoms with Crippen molar-refractivity contribution in [3.05, 3.63) is 12.4 Å². The van der Waals surface area contributed by atoms with Gasteiger partial charge >= 0.3 is 0 Å². The van der Waals surface area contributed by atoms with Crippen LogP contribution in [0.5, 0.6) is 0 Å². The molecule has 0 aromatic heterocycles. The van der Waals surface area contributed by atoms with Crippen LogP contribution in [0.3, 0.4) is 0 Å². The third-order valence-electron chi connectivity index (χ3n) is 5.52. The SMILES string of the molecule is O=C1CC[C@@H]2CCN3C=CN4CCC[C@@H]4[C@@]23C1. The molecule has 0 aromatic rings. The third kappa shape index (κ3) is 1.15. The van der Waals surface area contributed by atoms with Gasteiger partial charge < -0.3 is 9.80 Å². The molecule has 3 fully saturated rings. The van der Waals surface area contributed by atoms with E-state index in [0.29, 0.717) is 11.8 Å². The number of rotatable bonds is 0. The molecule has 0 unspecified atom stereocenters. The van der Waals surface area contributed by atoms with Gasteiger partial charge in [0.1, 0.15) is 5.78 Å². The molecule has 3 atom stereocenters. The van der Waals surface area contributed by atoms with Crippen molar-refractivity contribution in [2.24, 2.45) is 5.92 Å². The smallest absolute Gasteiger partial charge is 0.135 e. The summed E-state index contributed by atoms with van der Waals surface area (Å²) in [5.74, 6) is 1.26. The van der Waals surface area contributed by atoms with E-state index in [1.54, 1.807) is 0 Å². The molecule has 2 saturated heterocycles. The number of Topliss-reactive ketones (excluding diaryl/α,β-unsaturated/α-hetero) is 1. The van der Waals surface area contributed by atoms with Crippen molar-refractivity contribution in [2.45, 2.75) is 50.1 Å². The van der Waals surface area contributed by atoms with Gasteiger partial charge in [-0.05, 0) is 31.6 Å². The van der Waals surface area contributed by atoms with Gasteiger partial charge in [-0.15, -0.1) is 0 Å². The van der Waals surface area contributed by atoms with Gasteiger partial charge in [-0.2, -0.15) is 0 Å². The van der Waals surface area contributed by atoms with Crippen LogP contribution in [0.2, 0.25) is 0 Å². The number of hydrogen-bond donors (Lipinski definition) is 0. The summed E-state index contributed by atoms with van der Waals surface area (Å²) in [6.45, 7) is 2.36. The van der Waals surface area contributed by atoms with Crippen LogP contribution in [0.1, 0.15) is 38.5 Å². The minimum absolute atomic E-state index is 0.181. The van der Waals surface area contributed by atoms with Crippen molar-refractivity contribution in [1.29, 1.82) is 0 Å². The summed E-state index contributed by atoms with van der Waals surface area (Å²) in [6.07, 6.45) is 11.2. The van der Waals surface area contributed by atoms with Crippen molar-refractivity contribution >= 4 is 5.78 Å². The van der Waals surface area contributed by atoms with E-state index in [1.807, 2.05) is 0 Å². The first kappa shape index (κ1) is 9.98. The van der Waals surface area contributed by atoms with Crippen molar-refractivity contribution in [2.75, 3.05) is 13.1 Å². The first-order valence-corrected chi connectivity index (χ1v) is 7.03. The van der Waals surface area contributed by atoms with E-state index in [2.05, 4.69) is 22.2 Å². The first-order chi connectivity index (χ1) is 8.30. The van der Waals surface area contributed by atoms with Crippen molar-refractivity contribution in [3.63, 3.8) is 0 Å². The Hall–Kier alpha value is -0.990. The van der Waals surface area contributed by atoms with E-state index in [0.717, 1.165) is 25.2 Å². The highest BCUT2D eigenvalue weighted by molar-refractivity contribution is 5.81. The zero-order valence-electron chi connectivity index (χ0n) is 10.3. The Kier molecular flexibility index (Phi) is 1.92. The quantitative estimate of drug-likeness (QED) is 0.635. The van der Waals surface area contributed by atoms with Crippen molar-refractivity contribution in [1.82, 2.24) is 9.80 Å². The highest BCUT2D eigenvalue weighted by Crippen LogP contribution is 2.51. The van der Waals surface area contributed by atoms with Crippen molar-refractivity contribution < 1.29 is 4.79 Å². The molecule has 1 saturated carbocycles. The lowest BCUT2D eigenvalue weighted by molar-refractivity contribution is -0.127. The van der Waals surface area contributed by atoms with Crippen LogP contribution in [0.4, 0.5) is 0 Å². The van der Waals surface area contributed by atoms with E-state index >= 15 is 0 Å². The average Bonchev–Trinajstić information content (AvgIpc) is 2.90. The summed E-state index contributed by atoms with van der Waals surface area (Å²) in [5, 5.41) is 0. The topological polar surface area (TPSA) is 23.6 Å². The van der Waals surface area contributed by atoms with Crippen LogP contribution in [-0.4, -0.2) is 40.3 Å². The second-order valence-corrected chi connectivity index (χ2v) is 6.12. The minimum atomic E-state index is 0.181. The number of fused-ring (bicyclic) bond motifs is 1. The standard InChI is InChI=1S/C14H20N2O/c17-12-4-3-11-5-7-16-9-8-15-6-1-2-13(15)14(11,16)10-12/h8-9,11,13H,1-7,10H2/t11-,13-,14-/m1/s1. The zero-order chi connectivity index (χ0) is 11.5. The van der Waals surface area contributed by atoms with Crippen molar-refractivity contribution in [3.8, 4) is 0 Å². The molecular weight excluding hydrogens is 212 g/mol. The molecule has 0 bridgehead atoms. The maximum Gasteiger partial charge on any atom is 0.135 e. The Bertz CT molecular complexity index is 392. The molecule has 0 aromatic carbocycles. The fraction of sp³-hybridized carbons (Fsp3) is 0.786. The summed E-state index contributed by atoms with van der Waals surface area (Å²) < 4.78 is 0. The maximum absolute atomic E-state index is 12.0. The summed E-state index contributed by atoms with van der Waals surface area (Å²) >= 11 is 0. The molecule has 0 amide bonds. The lowest BCUT2D eigenvalue weighted by Gasteiger charge is -2.53. The Morgan fingerprint density at radius 3 is 3.06 bits per heavy atom. The largest absolute Gasteiger partial charge is 0.371 e. The van der Waals surface area contributed by atoms with Gasteiger partial charge in [0.25, 0.3) is 0 Å². The monoisotopic (exact) mass is 232 g/mol. The molecule has 4 aliphatic rings. The Morgan fingerprint density at radius 1 is 1.18 bits per heavy atom. The second-order valence-electron chi connectivity index (χ2n) is 6.12. The van der Waals surface area contributed by atoms with E-state index in [9.17, 15) is 4.79 Å². The lowest BCUT2D eigenvalue weighted by Crippen LogP contribution is -2.62. The summed E-state index contributed by atoms with van der Waals surface area (Å²) in [6, 6.07) is 0.615. The number of carbonyl (C=O) groups excluding carboxylic acids is 1. The van der Waals surface area contributed by atoms with E-state index in [-0.39, 0.29) is 5.54 Å². The minimum Gasteiger partial charge on any atom is -0.371 e. The molecular formula is C14H20N2O. The fourth-order valence-corrected chi connectivity index (χ4v) is 4.83. The molecule has 3 heteroatoms. The molecule has 1 aliphatic carbocycles. The van der Waals surface area contributed by atoms with Gasteiger partial charge in [0.05, 0.1) is 11.6 Å². The highest BCUT2D eigenvalue weighted by Gasteiger charge is 2.58. The molecule has 3 nitrogen and oxygen atoms in total. The number of hydrogen-bond acceptors (Lipinski definition) is 3. The van der Waals surface area contributed by atoms with Crippen LogP contribution >= 0.6 is 0 Å². The normalized spacial score (nSPS) is 43.6. The van der Waals surface area contributed by atoms with E-state index in [1.165, 1.54) is 32.4 Å². The third-order valence-corrected chi connectivity index (χ3v) is 5.52. The highest BCUT2D eigenvalue weighted by atomic mass is 16.1. The van der Waals surface area contributed by atoms with Crippen LogP contribution in [0.25, 0.3) is 0 Å². The summed E-state index contributed by atoms with van der Waals surface area (Å²) in [4.78, 5) is 17.0. The first-order valence-electron chi connectivity index (χ1n) is 7.03. The maximum atomic E-state index is 12.0. The molecule has 17 heavy (non-hydrogen) atoms. The van der Waals surface area contributed by atoms with Gasteiger partial charge in [-0.1, -0.05) is 0 Å². The molecule has 0 N–H and O–H groups in total. The second kappa shape index (κ2) is 3.27. The average molecular weight is 232 g/mol. The van der Waals surface area contributed by atoms with Crippen LogP contribution in [0, 0.1) is 5.92 Å². The Morgan fingerprint density at radius 2 is 2.12 bits per heavy atom. The Balaban J connectivity index is 1.80. The molecule has 3 aliphatic heterocycles. The summed E-state index contributed by atoms with van der Waals surface area (Å²) in [5.41, 5.74) is 0.181. The van der Waals surface area contributed by atoms with E-state index in [4.69, 9.17) is 0 Å². The van der Waals surface area contributed by atoms with Crippen LogP contribution in [-0.2, 0) is 4.79 Å². The lowest BCUT2D eigenvalue weighted by atomic mass is 9.67. The number of carbonyl (C=O) groups is 1. The molecule has 4 rings (SSSR count). The predicted molar refractivity (Wildman–Crippen MR) is 65.3 cm³/mol. The summed E-state index contributed by atoms with van der Waals surface area (Å²) in [7, 11) is 0. The van der Waals surface area contributed by atoms with Gasteiger partial charge in [0.2, 0.25) is 0 Å². The van der Waals surface area contributed by atoms with Crippen LogP contribution in [0.15, 0.2) is 12.4 Å². The molecule has 92 valence electrons. The molecule has 3 heterocycles. The van der Waals surface area contributed by atoms with Gasteiger partial charge in [0, 0.05) is 38.3 Å². The molecule has 1 spiro atoms. The van der Waals surface area contributed by atoms with E-state index < -0.39 is 0 Å². The molecule has 0 radical (unpaired) electrons. The van der Waals surface area contributed by atoms with Gasteiger partial charge in [0.15, 0.2) is 0 Å². The predicted octanol–water partition coefficient (Wildman–Crippen LogP) is 1.75. The zero-order valence-corrected chi connectivity index (χ0v) is 10.3. The van der Waals surface area contributed by atoms with Crippen LogP contribution < -0.4 is 0 Å². The number of ketones is 1. The van der Waals surface area contributed by atoms with Gasteiger partial charge in [-0.25, -0.2) is 0 Å². The van der Waals surface area contributed by atoms with Gasteiger partial charge in [-0.3, -0.25) is 4.79 Å². The fourth-order valence-electron chi connectivity index (χ4n) is 4.83.